The number of rotatable bonds is 4. The summed E-state index contributed by atoms with van der Waals surface area (Å²) < 4.78 is 43.8. The van der Waals surface area contributed by atoms with Crippen LogP contribution in [-0.4, -0.2) is 37.8 Å². The average Bonchev–Trinajstić information content (AvgIpc) is 2.95. The zero-order chi connectivity index (χ0) is 17.2. The Labute approximate surface area is 133 Å². The monoisotopic (exact) mass is 349 g/mol. The van der Waals surface area contributed by atoms with Gasteiger partial charge in [0.15, 0.2) is 0 Å². The molecule has 0 aliphatic carbocycles. The van der Waals surface area contributed by atoms with Gasteiger partial charge in [0.2, 0.25) is 0 Å². The SMILES string of the molecule is CCOC(=O)c1nnnn1[C@@H](C)c1ncc(C(F)(F)F)cc1Cl. The molecular weight excluding hydrogens is 339 g/mol. The molecule has 0 unspecified atom stereocenters. The first kappa shape index (κ1) is 17.1. The molecular formula is C12H11ClF3N5O2. The van der Waals surface area contributed by atoms with Crippen molar-refractivity contribution in [1.82, 2.24) is 25.2 Å². The lowest BCUT2D eigenvalue weighted by atomic mass is 10.1. The number of carbonyl (C=O) groups is 1. The molecule has 0 spiro atoms. The van der Waals surface area contributed by atoms with Crippen molar-refractivity contribution in [1.29, 1.82) is 0 Å². The number of tetrazole rings is 1. The van der Waals surface area contributed by atoms with Gasteiger partial charge in [-0.3, -0.25) is 4.98 Å². The minimum Gasteiger partial charge on any atom is -0.460 e. The van der Waals surface area contributed by atoms with Crippen LogP contribution in [0.15, 0.2) is 12.3 Å². The van der Waals surface area contributed by atoms with Crippen molar-refractivity contribution in [3.05, 3.63) is 34.4 Å². The van der Waals surface area contributed by atoms with E-state index >= 15 is 0 Å². The van der Waals surface area contributed by atoms with E-state index in [1.165, 1.54) is 0 Å². The van der Waals surface area contributed by atoms with Gasteiger partial charge < -0.3 is 4.74 Å². The summed E-state index contributed by atoms with van der Waals surface area (Å²) in [4.78, 5) is 15.5. The van der Waals surface area contributed by atoms with Gasteiger partial charge in [-0.05, 0) is 30.3 Å². The molecule has 0 bridgehead atoms. The Bertz CT molecular complexity index is 719. The molecule has 0 saturated heterocycles. The Hall–Kier alpha value is -2.23. The fraction of sp³-hybridized carbons (Fsp3) is 0.417. The number of pyridine rings is 1. The van der Waals surface area contributed by atoms with E-state index in [2.05, 4.69) is 20.5 Å². The largest absolute Gasteiger partial charge is 0.460 e. The predicted octanol–water partition coefficient (Wildman–Crippen LogP) is 2.53. The highest BCUT2D eigenvalue weighted by Gasteiger charge is 2.32. The van der Waals surface area contributed by atoms with E-state index in [9.17, 15) is 18.0 Å². The molecule has 0 aliphatic heterocycles. The third-order valence-electron chi connectivity index (χ3n) is 2.91. The third-order valence-corrected chi connectivity index (χ3v) is 3.21. The van der Waals surface area contributed by atoms with Crippen LogP contribution in [0.4, 0.5) is 13.2 Å². The highest BCUT2D eigenvalue weighted by molar-refractivity contribution is 6.31. The van der Waals surface area contributed by atoms with E-state index in [4.69, 9.17) is 16.3 Å². The van der Waals surface area contributed by atoms with Gasteiger partial charge in [0, 0.05) is 6.20 Å². The second kappa shape index (κ2) is 6.49. The molecule has 2 aromatic rings. The number of halogens is 4. The molecule has 0 saturated carbocycles. The number of carbonyl (C=O) groups excluding carboxylic acids is 1. The predicted molar refractivity (Wildman–Crippen MR) is 71.8 cm³/mol. The van der Waals surface area contributed by atoms with E-state index in [1.54, 1.807) is 13.8 Å². The van der Waals surface area contributed by atoms with Crippen LogP contribution in [-0.2, 0) is 10.9 Å². The molecule has 124 valence electrons. The number of ether oxygens (including phenoxy) is 1. The van der Waals surface area contributed by atoms with Crippen LogP contribution in [0, 0.1) is 0 Å². The Morgan fingerprint density at radius 2 is 2.17 bits per heavy atom. The number of aromatic nitrogens is 5. The molecule has 7 nitrogen and oxygen atoms in total. The average molecular weight is 350 g/mol. The van der Waals surface area contributed by atoms with E-state index in [1.807, 2.05) is 0 Å². The first-order valence-electron chi connectivity index (χ1n) is 6.43. The van der Waals surface area contributed by atoms with Gasteiger partial charge >= 0.3 is 12.1 Å². The molecule has 0 radical (unpaired) electrons. The lowest BCUT2D eigenvalue weighted by Gasteiger charge is -2.15. The molecule has 2 rings (SSSR count). The first-order valence-corrected chi connectivity index (χ1v) is 6.81. The van der Waals surface area contributed by atoms with Crippen molar-refractivity contribution >= 4 is 17.6 Å². The summed E-state index contributed by atoms with van der Waals surface area (Å²) in [5.41, 5.74) is -0.877. The van der Waals surface area contributed by atoms with Gasteiger partial charge in [-0.25, -0.2) is 9.48 Å². The molecule has 0 fully saturated rings. The lowest BCUT2D eigenvalue weighted by molar-refractivity contribution is -0.137. The summed E-state index contributed by atoms with van der Waals surface area (Å²) in [5.74, 6) is -0.954. The van der Waals surface area contributed by atoms with Crippen molar-refractivity contribution in [3.8, 4) is 0 Å². The Balaban J connectivity index is 2.37. The van der Waals surface area contributed by atoms with Crippen molar-refractivity contribution in [3.63, 3.8) is 0 Å². The van der Waals surface area contributed by atoms with Gasteiger partial charge in [0.25, 0.3) is 5.82 Å². The topological polar surface area (TPSA) is 82.8 Å². The summed E-state index contributed by atoms with van der Waals surface area (Å²) >= 11 is 5.88. The van der Waals surface area contributed by atoms with Crippen LogP contribution in [0.2, 0.25) is 5.02 Å². The third kappa shape index (κ3) is 3.58. The number of hydrogen-bond acceptors (Lipinski definition) is 6. The fourth-order valence-corrected chi connectivity index (χ4v) is 2.14. The highest BCUT2D eigenvalue weighted by Crippen LogP contribution is 2.33. The molecule has 0 amide bonds. The summed E-state index contributed by atoms with van der Waals surface area (Å²) in [6.45, 7) is 3.28. The number of hydrogen-bond donors (Lipinski definition) is 0. The molecule has 23 heavy (non-hydrogen) atoms. The van der Waals surface area contributed by atoms with Crippen LogP contribution >= 0.6 is 11.6 Å². The fourth-order valence-electron chi connectivity index (χ4n) is 1.81. The Kier molecular flexibility index (Phi) is 4.83. The first-order chi connectivity index (χ1) is 10.8. The zero-order valence-electron chi connectivity index (χ0n) is 12.0. The van der Waals surface area contributed by atoms with Crippen molar-refractivity contribution in [2.24, 2.45) is 0 Å². The number of esters is 1. The number of alkyl halides is 3. The summed E-state index contributed by atoms with van der Waals surface area (Å²) in [6.07, 6.45) is -3.89. The summed E-state index contributed by atoms with van der Waals surface area (Å²) in [6, 6.07) is -0.00593. The highest BCUT2D eigenvalue weighted by atomic mass is 35.5. The standard InChI is InChI=1S/C12H11ClF3N5O2/c1-3-23-11(22)10-18-19-20-21(10)6(2)9-8(13)4-7(5-17-9)12(14,15)16/h4-6H,3H2,1-2H3/t6-/m0/s1. The van der Waals surface area contributed by atoms with Crippen LogP contribution < -0.4 is 0 Å². The van der Waals surface area contributed by atoms with Gasteiger partial charge in [0.05, 0.1) is 28.9 Å². The molecule has 11 heteroatoms. The van der Waals surface area contributed by atoms with Crippen molar-refractivity contribution in [2.75, 3.05) is 6.61 Å². The van der Waals surface area contributed by atoms with E-state index in [-0.39, 0.29) is 23.1 Å². The van der Waals surface area contributed by atoms with Crippen molar-refractivity contribution < 1.29 is 22.7 Å². The maximum atomic E-state index is 12.6. The zero-order valence-corrected chi connectivity index (χ0v) is 12.8. The smallest absolute Gasteiger partial charge is 0.417 e. The van der Waals surface area contributed by atoms with Gasteiger partial charge in [-0.1, -0.05) is 11.6 Å². The molecule has 0 aliphatic rings. The van der Waals surface area contributed by atoms with Crippen LogP contribution in [0.5, 0.6) is 0 Å². The molecule has 0 N–H and O–H groups in total. The minimum atomic E-state index is -4.55. The molecule has 0 aromatic carbocycles. The Morgan fingerprint density at radius 1 is 1.48 bits per heavy atom. The van der Waals surface area contributed by atoms with Gasteiger partial charge in [0.1, 0.15) is 0 Å². The maximum Gasteiger partial charge on any atom is 0.417 e. The molecule has 1 atom stereocenters. The van der Waals surface area contributed by atoms with Crippen LogP contribution in [0.25, 0.3) is 0 Å². The van der Waals surface area contributed by atoms with E-state index in [0.717, 1.165) is 10.7 Å². The normalized spacial score (nSPS) is 13.0. The summed E-state index contributed by atoms with van der Waals surface area (Å²) in [5, 5.41) is 10.3. The van der Waals surface area contributed by atoms with Crippen LogP contribution in [0.1, 0.15) is 41.8 Å². The number of nitrogens with zero attached hydrogens (tertiary/aromatic N) is 5. The summed E-state index contributed by atoms with van der Waals surface area (Å²) in [7, 11) is 0. The molecule has 2 aromatic heterocycles. The second-order valence-corrected chi connectivity index (χ2v) is 4.84. The van der Waals surface area contributed by atoms with E-state index in [0.29, 0.717) is 6.20 Å². The molecule has 2 heterocycles. The van der Waals surface area contributed by atoms with Gasteiger partial charge in [-0.2, -0.15) is 13.2 Å². The van der Waals surface area contributed by atoms with Gasteiger partial charge in [-0.15, -0.1) is 5.10 Å². The van der Waals surface area contributed by atoms with Crippen LogP contribution in [0.3, 0.4) is 0 Å². The Morgan fingerprint density at radius 3 is 2.74 bits per heavy atom. The van der Waals surface area contributed by atoms with E-state index < -0.39 is 23.8 Å². The quantitative estimate of drug-likeness (QED) is 0.789. The maximum absolute atomic E-state index is 12.6. The van der Waals surface area contributed by atoms with Crippen molar-refractivity contribution in [2.45, 2.75) is 26.1 Å². The second-order valence-electron chi connectivity index (χ2n) is 4.43. The lowest BCUT2D eigenvalue weighted by Crippen LogP contribution is -2.19. The minimum absolute atomic E-state index is 0.0949.